The van der Waals surface area contributed by atoms with Gasteiger partial charge in [-0.2, -0.15) is 4.31 Å². The average Bonchev–Trinajstić information content (AvgIpc) is 2.69. The SMILES string of the molecule is CCN(CC)S(=O)(=O)c1ccc(N2CCOCC2)c(NC(=S)NC(C)COC)c1. The van der Waals surface area contributed by atoms with Gasteiger partial charge in [-0.15, -0.1) is 0 Å². The first-order valence-electron chi connectivity index (χ1n) is 9.86. The van der Waals surface area contributed by atoms with E-state index in [4.69, 9.17) is 21.7 Å². The maximum Gasteiger partial charge on any atom is 0.243 e. The van der Waals surface area contributed by atoms with Gasteiger partial charge in [-0.25, -0.2) is 8.42 Å². The molecule has 2 N–H and O–H groups in total. The van der Waals surface area contributed by atoms with E-state index in [1.165, 1.54) is 4.31 Å². The zero-order chi connectivity index (χ0) is 21.4. The summed E-state index contributed by atoms with van der Waals surface area (Å²) >= 11 is 5.44. The van der Waals surface area contributed by atoms with Crippen molar-refractivity contribution < 1.29 is 17.9 Å². The van der Waals surface area contributed by atoms with Gasteiger partial charge in [0.1, 0.15) is 0 Å². The van der Waals surface area contributed by atoms with Crippen molar-refractivity contribution in [2.75, 3.05) is 63.3 Å². The number of nitrogens with zero attached hydrogens (tertiary/aromatic N) is 2. The summed E-state index contributed by atoms with van der Waals surface area (Å²) in [5.74, 6) is 0. The Kier molecular flexibility index (Phi) is 9.09. The fourth-order valence-electron chi connectivity index (χ4n) is 3.24. The van der Waals surface area contributed by atoms with E-state index in [1.54, 1.807) is 19.2 Å². The Balaban J connectivity index is 2.36. The highest BCUT2D eigenvalue weighted by molar-refractivity contribution is 7.89. The molecule has 0 aliphatic carbocycles. The Bertz CT molecular complexity index is 778. The topological polar surface area (TPSA) is 83.1 Å². The lowest BCUT2D eigenvalue weighted by atomic mass is 10.2. The monoisotopic (exact) mass is 444 g/mol. The molecule has 29 heavy (non-hydrogen) atoms. The van der Waals surface area contributed by atoms with Crippen LogP contribution in [-0.2, 0) is 19.5 Å². The van der Waals surface area contributed by atoms with Gasteiger partial charge >= 0.3 is 0 Å². The molecule has 1 saturated heterocycles. The molecule has 0 saturated carbocycles. The average molecular weight is 445 g/mol. The van der Waals surface area contributed by atoms with Crippen LogP contribution in [0.2, 0.25) is 0 Å². The number of rotatable bonds is 9. The molecule has 10 heteroatoms. The van der Waals surface area contributed by atoms with Gasteiger partial charge in [-0.1, -0.05) is 13.8 Å². The van der Waals surface area contributed by atoms with Crippen molar-refractivity contribution in [2.45, 2.75) is 31.7 Å². The normalized spacial score (nSPS) is 16.0. The molecular weight excluding hydrogens is 412 g/mol. The Morgan fingerprint density at radius 1 is 1.31 bits per heavy atom. The van der Waals surface area contributed by atoms with Crippen molar-refractivity contribution >= 4 is 38.7 Å². The van der Waals surface area contributed by atoms with Crippen molar-refractivity contribution in [3.8, 4) is 0 Å². The van der Waals surface area contributed by atoms with Crippen molar-refractivity contribution in [3.63, 3.8) is 0 Å². The second-order valence-electron chi connectivity index (χ2n) is 6.82. The van der Waals surface area contributed by atoms with Gasteiger partial charge in [0, 0.05) is 39.3 Å². The van der Waals surface area contributed by atoms with E-state index in [2.05, 4.69) is 15.5 Å². The standard InChI is InChI=1S/C19H32N4O4S2/c1-5-23(6-2)29(24,25)16-7-8-18(22-9-11-27-12-10-22)17(13-16)21-19(28)20-15(3)14-26-4/h7-8,13,15H,5-6,9-12,14H2,1-4H3,(H2,20,21,28). The molecule has 1 fully saturated rings. The van der Waals surface area contributed by atoms with Crippen LogP contribution < -0.4 is 15.5 Å². The molecule has 0 spiro atoms. The van der Waals surface area contributed by atoms with Crippen LogP contribution in [0.15, 0.2) is 23.1 Å². The maximum atomic E-state index is 13.0. The molecular formula is C19H32N4O4S2. The molecule has 0 aromatic heterocycles. The molecule has 0 amide bonds. The van der Waals surface area contributed by atoms with Gasteiger partial charge in [-0.05, 0) is 37.3 Å². The van der Waals surface area contributed by atoms with Crippen molar-refractivity contribution in [2.24, 2.45) is 0 Å². The van der Waals surface area contributed by atoms with E-state index in [9.17, 15) is 8.42 Å². The van der Waals surface area contributed by atoms with Crippen LogP contribution in [0.4, 0.5) is 11.4 Å². The third-order valence-electron chi connectivity index (χ3n) is 4.71. The van der Waals surface area contributed by atoms with E-state index >= 15 is 0 Å². The van der Waals surface area contributed by atoms with E-state index < -0.39 is 10.0 Å². The minimum Gasteiger partial charge on any atom is -0.383 e. The van der Waals surface area contributed by atoms with Crippen molar-refractivity contribution in [1.29, 1.82) is 0 Å². The Hall–Kier alpha value is -1.46. The van der Waals surface area contributed by atoms with Gasteiger partial charge in [0.2, 0.25) is 10.0 Å². The van der Waals surface area contributed by atoms with Gasteiger partial charge in [-0.3, -0.25) is 0 Å². The summed E-state index contributed by atoms with van der Waals surface area (Å²) in [5.41, 5.74) is 1.55. The number of nitrogens with one attached hydrogen (secondary N) is 2. The predicted molar refractivity (Wildman–Crippen MR) is 120 cm³/mol. The summed E-state index contributed by atoms with van der Waals surface area (Å²) in [7, 11) is -1.94. The molecule has 0 bridgehead atoms. The number of benzene rings is 1. The molecule has 1 aliphatic heterocycles. The van der Waals surface area contributed by atoms with Gasteiger partial charge in [0.25, 0.3) is 0 Å². The molecule has 1 heterocycles. The number of sulfonamides is 1. The lowest BCUT2D eigenvalue weighted by Gasteiger charge is -2.31. The molecule has 1 aromatic carbocycles. The molecule has 0 radical (unpaired) electrons. The molecule has 2 rings (SSSR count). The smallest absolute Gasteiger partial charge is 0.243 e. The van der Waals surface area contributed by atoms with Crippen molar-refractivity contribution in [3.05, 3.63) is 18.2 Å². The van der Waals surface area contributed by atoms with Crippen LogP contribution in [0.25, 0.3) is 0 Å². The van der Waals surface area contributed by atoms with Crippen LogP contribution >= 0.6 is 12.2 Å². The Morgan fingerprint density at radius 2 is 1.97 bits per heavy atom. The molecule has 1 unspecified atom stereocenters. The van der Waals surface area contributed by atoms with Gasteiger partial charge in [0.15, 0.2) is 5.11 Å². The number of morpholine rings is 1. The molecule has 1 atom stereocenters. The summed E-state index contributed by atoms with van der Waals surface area (Å²) in [6.45, 7) is 9.70. The Morgan fingerprint density at radius 3 is 2.55 bits per heavy atom. The zero-order valence-corrected chi connectivity index (χ0v) is 19.2. The summed E-state index contributed by atoms with van der Waals surface area (Å²) < 4.78 is 38.0. The third-order valence-corrected chi connectivity index (χ3v) is 6.97. The fourth-order valence-corrected chi connectivity index (χ4v) is 5.04. The summed E-state index contributed by atoms with van der Waals surface area (Å²) in [4.78, 5) is 2.41. The summed E-state index contributed by atoms with van der Waals surface area (Å²) in [6, 6.07) is 5.18. The first-order valence-corrected chi connectivity index (χ1v) is 11.7. The largest absolute Gasteiger partial charge is 0.383 e. The minimum atomic E-state index is -3.57. The zero-order valence-electron chi connectivity index (χ0n) is 17.6. The fraction of sp³-hybridized carbons (Fsp3) is 0.632. The van der Waals surface area contributed by atoms with Crippen LogP contribution in [0.3, 0.4) is 0 Å². The maximum absolute atomic E-state index is 13.0. The quantitative estimate of drug-likeness (QED) is 0.559. The second kappa shape index (κ2) is 11.1. The minimum absolute atomic E-state index is 0.0226. The van der Waals surface area contributed by atoms with Crippen LogP contribution in [0.1, 0.15) is 20.8 Å². The van der Waals surface area contributed by atoms with Crippen LogP contribution in [0, 0.1) is 0 Å². The highest BCUT2D eigenvalue weighted by Crippen LogP contribution is 2.31. The molecule has 8 nitrogen and oxygen atoms in total. The van der Waals surface area contributed by atoms with E-state index in [0.717, 1.165) is 18.8 Å². The van der Waals surface area contributed by atoms with Crippen LogP contribution in [-0.4, -0.2) is 77.0 Å². The highest BCUT2D eigenvalue weighted by atomic mass is 32.2. The van der Waals surface area contributed by atoms with E-state index in [-0.39, 0.29) is 10.9 Å². The third kappa shape index (κ3) is 6.26. The van der Waals surface area contributed by atoms with Crippen molar-refractivity contribution in [1.82, 2.24) is 9.62 Å². The summed E-state index contributed by atoms with van der Waals surface area (Å²) in [6.07, 6.45) is 0. The van der Waals surface area contributed by atoms with Crippen LogP contribution in [0.5, 0.6) is 0 Å². The highest BCUT2D eigenvalue weighted by Gasteiger charge is 2.24. The van der Waals surface area contributed by atoms with Gasteiger partial charge in [0.05, 0.1) is 36.1 Å². The molecule has 1 aliphatic rings. The number of ether oxygens (including phenoxy) is 2. The number of thiocarbonyl (C=S) groups is 1. The first-order chi connectivity index (χ1) is 13.8. The number of hydrogen-bond acceptors (Lipinski definition) is 6. The van der Waals surface area contributed by atoms with E-state index in [1.807, 2.05) is 26.8 Å². The number of hydrogen-bond donors (Lipinski definition) is 2. The lowest BCUT2D eigenvalue weighted by molar-refractivity contribution is 0.123. The molecule has 1 aromatic rings. The number of methoxy groups -OCH3 is 1. The summed E-state index contributed by atoms with van der Waals surface area (Å²) in [5, 5.41) is 6.76. The second-order valence-corrected chi connectivity index (χ2v) is 9.17. The predicted octanol–water partition coefficient (Wildman–Crippen LogP) is 1.87. The molecule has 164 valence electrons. The van der Waals surface area contributed by atoms with E-state index in [0.29, 0.717) is 43.7 Å². The van der Waals surface area contributed by atoms with Gasteiger partial charge < -0.3 is 25.0 Å². The number of anilines is 2. The Labute approximate surface area is 179 Å². The lowest BCUT2D eigenvalue weighted by Crippen LogP contribution is -2.40. The first kappa shape index (κ1) is 23.8.